The zero-order valence-electron chi connectivity index (χ0n) is 10.2. The van der Waals surface area contributed by atoms with E-state index in [-0.39, 0.29) is 6.42 Å². The number of hydrogen-bond acceptors (Lipinski definition) is 3. The molecule has 1 amide bonds. The van der Waals surface area contributed by atoms with Crippen molar-refractivity contribution in [2.75, 3.05) is 5.32 Å². The number of halogens is 2. The Balaban J connectivity index is 3.01. The normalized spacial score (nSPS) is 11.4. The molecule has 0 atom stereocenters. The molecule has 5 nitrogen and oxygen atoms in total. The fraction of sp³-hybridized carbons (Fsp3) is 0.364. The highest BCUT2D eigenvalue weighted by Crippen LogP contribution is 2.23. The molecular formula is C11H14F2N2O3S. The van der Waals surface area contributed by atoms with Crippen molar-refractivity contribution in [3.8, 4) is 0 Å². The predicted octanol–water partition coefficient (Wildman–Crippen LogP) is 1.74. The van der Waals surface area contributed by atoms with Crippen LogP contribution in [0.3, 0.4) is 0 Å². The summed E-state index contributed by atoms with van der Waals surface area (Å²) in [4.78, 5) is 10.7. The van der Waals surface area contributed by atoms with E-state index >= 15 is 0 Å². The van der Waals surface area contributed by atoms with Gasteiger partial charge in [-0.3, -0.25) is 4.79 Å². The molecule has 0 aromatic heterocycles. The number of unbranched alkanes of at least 4 members (excludes halogenated alkanes) is 1. The summed E-state index contributed by atoms with van der Waals surface area (Å²) < 4.78 is 49.0. The standard InChI is InChI=1S/C11H14F2N2O3S/c1-2-3-4-10(16)15-11-8(12)5-7(6-9(11)13)19(14,17)18/h5-6H,2-4H2,1H3,(H,15,16)(H2,14,17,18). The molecule has 0 radical (unpaired) electrons. The molecule has 0 aliphatic heterocycles. The maximum Gasteiger partial charge on any atom is 0.238 e. The quantitative estimate of drug-likeness (QED) is 0.866. The van der Waals surface area contributed by atoms with Crippen LogP contribution >= 0.6 is 0 Å². The lowest BCUT2D eigenvalue weighted by molar-refractivity contribution is -0.116. The number of rotatable bonds is 5. The second kappa shape index (κ2) is 6.07. The van der Waals surface area contributed by atoms with Crippen LogP contribution < -0.4 is 10.5 Å². The van der Waals surface area contributed by atoms with Gasteiger partial charge in [-0.05, 0) is 18.6 Å². The Morgan fingerprint density at radius 1 is 1.32 bits per heavy atom. The molecule has 0 aliphatic carbocycles. The van der Waals surface area contributed by atoms with Crippen molar-refractivity contribution in [3.05, 3.63) is 23.8 Å². The van der Waals surface area contributed by atoms with Crippen LogP contribution in [0.5, 0.6) is 0 Å². The van der Waals surface area contributed by atoms with Crippen molar-refractivity contribution in [2.45, 2.75) is 31.1 Å². The molecule has 0 fully saturated rings. The zero-order chi connectivity index (χ0) is 14.6. The van der Waals surface area contributed by atoms with Crippen molar-refractivity contribution < 1.29 is 22.0 Å². The molecule has 0 aliphatic rings. The largest absolute Gasteiger partial charge is 0.321 e. The van der Waals surface area contributed by atoms with E-state index in [0.29, 0.717) is 18.6 Å². The number of nitrogens with two attached hydrogens (primary N) is 1. The summed E-state index contributed by atoms with van der Waals surface area (Å²) >= 11 is 0. The van der Waals surface area contributed by atoms with Gasteiger partial charge in [0.2, 0.25) is 15.9 Å². The van der Waals surface area contributed by atoms with Gasteiger partial charge in [0.25, 0.3) is 0 Å². The van der Waals surface area contributed by atoms with Crippen LogP contribution in [0.4, 0.5) is 14.5 Å². The number of benzene rings is 1. The number of anilines is 1. The zero-order valence-corrected chi connectivity index (χ0v) is 11.1. The molecule has 0 saturated heterocycles. The van der Waals surface area contributed by atoms with Crippen molar-refractivity contribution in [1.82, 2.24) is 0 Å². The topological polar surface area (TPSA) is 89.3 Å². The highest BCUT2D eigenvalue weighted by Gasteiger charge is 2.18. The van der Waals surface area contributed by atoms with E-state index in [9.17, 15) is 22.0 Å². The molecule has 0 bridgehead atoms. The maximum atomic E-state index is 13.5. The van der Waals surface area contributed by atoms with E-state index in [1.807, 2.05) is 6.92 Å². The maximum absolute atomic E-state index is 13.5. The minimum Gasteiger partial charge on any atom is -0.321 e. The van der Waals surface area contributed by atoms with Gasteiger partial charge in [0.1, 0.15) is 5.69 Å². The monoisotopic (exact) mass is 292 g/mol. The van der Waals surface area contributed by atoms with E-state index in [4.69, 9.17) is 5.14 Å². The Kier molecular flexibility index (Phi) is 4.96. The molecule has 1 rings (SSSR count). The van der Waals surface area contributed by atoms with Crippen molar-refractivity contribution in [3.63, 3.8) is 0 Å². The number of nitrogens with one attached hydrogen (secondary N) is 1. The number of sulfonamides is 1. The Morgan fingerprint density at radius 2 is 1.84 bits per heavy atom. The van der Waals surface area contributed by atoms with E-state index in [1.165, 1.54) is 0 Å². The van der Waals surface area contributed by atoms with Gasteiger partial charge in [0, 0.05) is 6.42 Å². The molecule has 0 heterocycles. The molecule has 1 aromatic rings. The van der Waals surface area contributed by atoms with Gasteiger partial charge in [-0.2, -0.15) is 0 Å². The number of carbonyl (C=O) groups excluding carboxylic acids is 1. The molecule has 0 saturated carbocycles. The van der Waals surface area contributed by atoms with Crippen LogP contribution in [0.2, 0.25) is 0 Å². The molecule has 3 N–H and O–H groups in total. The van der Waals surface area contributed by atoms with Gasteiger partial charge < -0.3 is 5.32 Å². The minimum atomic E-state index is -4.20. The first kappa shape index (κ1) is 15.5. The summed E-state index contributed by atoms with van der Waals surface area (Å²) in [5.74, 6) is -2.91. The molecule has 0 unspecified atom stereocenters. The van der Waals surface area contributed by atoms with Crippen LogP contribution in [0, 0.1) is 11.6 Å². The predicted molar refractivity (Wildman–Crippen MR) is 65.9 cm³/mol. The molecular weight excluding hydrogens is 278 g/mol. The highest BCUT2D eigenvalue weighted by molar-refractivity contribution is 7.89. The SMILES string of the molecule is CCCCC(=O)Nc1c(F)cc(S(N)(=O)=O)cc1F. The number of carbonyl (C=O) groups is 1. The Bertz CT molecular complexity index is 565. The molecule has 19 heavy (non-hydrogen) atoms. The summed E-state index contributed by atoms with van der Waals surface area (Å²) in [6.07, 6.45) is 1.49. The number of hydrogen-bond donors (Lipinski definition) is 2. The lowest BCUT2D eigenvalue weighted by Crippen LogP contribution is -2.16. The Morgan fingerprint density at radius 3 is 2.26 bits per heavy atom. The Labute approximate surface area is 109 Å². The van der Waals surface area contributed by atoms with Gasteiger partial charge in [-0.15, -0.1) is 0 Å². The van der Waals surface area contributed by atoms with Crippen molar-refractivity contribution >= 4 is 21.6 Å². The summed E-state index contributed by atoms with van der Waals surface area (Å²) in [5, 5.41) is 6.83. The van der Waals surface area contributed by atoms with Crippen molar-refractivity contribution in [1.29, 1.82) is 0 Å². The van der Waals surface area contributed by atoms with Crippen LogP contribution in [0.25, 0.3) is 0 Å². The smallest absolute Gasteiger partial charge is 0.238 e. The van der Waals surface area contributed by atoms with E-state index in [0.717, 1.165) is 6.42 Å². The van der Waals surface area contributed by atoms with Gasteiger partial charge in [-0.1, -0.05) is 13.3 Å². The fourth-order valence-corrected chi connectivity index (χ4v) is 1.91. The highest BCUT2D eigenvalue weighted by atomic mass is 32.2. The molecule has 0 spiro atoms. The molecule has 106 valence electrons. The van der Waals surface area contributed by atoms with Crippen LogP contribution in [0.15, 0.2) is 17.0 Å². The average molecular weight is 292 g/mol. The third-order valence-electron chi connectivity index (χ3n) is 2.37. The second-order valence-electron chi connectivity index (χ2n) is 3.96. The fourth-order valence-electron chi connectivity index (χ4n) is 1.37. The van der Waals surface area contributed by atoms with Crippen molar-refractivity contribution in [2.24, 2.45) is 5.14 Å². The lowest BCUT2D eigenvalue weighted by atomic mass is 10.2. The minimum absolute atomic E-state index is 0.131. The van der Waals surface area contributed by atoms with Gasteiger partial charge in [0.05, 0.1) is 4.90 Å². The summed E-state index contributed by atoms with van der Waals surface area (Å²) in [5.41, 5.74) is -0.673. The molecule has 8 heteroatoms. The molecule has 1 aromatic carbocycles. The number of primary sulfonamides is 1. The Hall–Kier alpha value is -1.54. The van der Waals surface area contributed by atoms with E-state index < -0.39 is 38.1 Å². The van der Waals surface area contributed by atoms with Gasteiger partial charge in [-0.25, -0.2) is 22.3 Å². The summed E-state index contributed by atoms with van der Waals surface area (Å²) in [6.45, 7) is 1.87. The first-order valence-corrected chi connectivity index (χ1v) is 7.12. The summed E-state index contributed by atoms with van der Waals surface area (Å²) in [7, 11) is -4.20. The van der Waals surface area contributed by atoms with Crippen LogP contribution in [0.1, 0.15) is 26.2 Å². The van der Waals surface area contributed by atoms with Gasteiger partial charge in [0.15, 0.2) is 11.6 Å². The average Bonchev–Trinajstić information content (AvgIpc) is 2.29. The van der Waals surface area contributed by atoms with Crippen LogP contribution in [-0.4, -0.2) is 14.3 Å². The lowest BCUT2D eigenvalue weighted by Gasteiger charge is -2.08. The number of amides is 1. The first-order chi connectivity index (χ1) is 8.75. The van der Waals surface area contributed by atoms with E-state index in [2.05, 4.69) is 5.32 Å². The second-order valence-corrected chi connectivity index (χ2v) is 5.52. The van der Waals surface area contributed by atoms with E-state index in [1.54, 1.807) is 0 Å². The summed E-state index contributed by atoms with van der Waals surface area (Å²) in [6, 6.07) is 1.13. The third-order valence-corrected chi connectivity index (χ3v) is 3.26. The van der Waals surface area contributed by atoms with Crippen LogP contribution in [-0.2, 0) is 14.8 Å². The third kappa shape index (κ3) is 4.25. The first-order valence-electron chi connectivity index (χ1n) is 5.57. The van der Waals surface area contributed by atoms with Gasteiger partial charge >= 0.3 is 0 Å².